The molecule has 2 unspecified atom stereocenters. The molecule has 1 heterocycles. The summed E-state index contributed by atoms with van der Waals surface area (Å²) in [6.45, 7) is 1.71. The van der Waals surface area contributed by atoms with Gasteiger partial charge >= 0.3 is 5.97 Å². The Morgan fingerprint density at radius 2 is 1.80 bits per heavy atom. The third kappa shape index (κ3) is 2.32. The van der Waals surface area contributed by atoms with Gasteiger partial charge in [0.05, 0.1) is 12.0 Å². The number of rotatable bonds is 2. The molecule has 2 N–H and O–H groups in total. The smallest absolute Gasteiger partial charge is 0.308 e. The number of likely N-dealkylation sites (tertiary alicyclic amines) is 1. The molecule has 0 spiro atoms. The van der Waals surface area contributed by atoms with Gasteiger partial charge in [-0.05, 0) is 25.7 Å². The van der Waals surface area contributed by atoms with Crippen LogP contribution in [0, 0.1) is 5.92 Å². The summed E-state index contributed by atoms with van der Waals surface area (Å²) in [6, 6.07) is 0.218. The largest absolute Gasteiger partial charge is 0.481 e. The van der Waals surface area contributed by atoms with E-state index in [0.717, 1.165) is 45.2 Å². The summed E-state index contributed by atoms with van der Waals surface area (Å²) >= 11 is 0. The molecule has 4 nitrogen and oxygen atoms in total. The monoisotopic (exact) mass is 213 g/mol. The van der Waals surface area contributed by atoms with Crippen LogP contribution in [0.15, 0.2) is 0 Å². The highest BCUT2D eigenvalue weighted by Gasteiger charge is 2.37. The Balaban J connectivity index is 1.94. The topological polar surface area (TPSA) is 60.8 Å². The molecule has 0 amide bonds. The van der Waals surface area contributed by atoms with Gasteiger partial charge in [0.25, 0.3) is 0 Å². The van der Waals surface area contributed by atoms with Crippen LogP contribution in [-0.4, -0.2) is 46.3 Å². The first kappa shape index (κ1) is 10.9. The Labute approximate surface area is 89.9 Å². The number of hydrogen-bond donors (Lipinski definition) is 2. The van der Waals surface area contributed by atoms with Crippen LogP contribution in [0.25, 0.3) is 0 Å². The first-order chi connectivity index (χ1) is 7.18. The van der Waals surface area contributed by atoms with Crippen molar-refractivity contribution < 1.29 is 15.0 Å². The second-order valence-corrected chi connectivity index (χ2v) is 4.71. The third-order valence-electron chi connectivity index (χ3n) is 3.76. The van der Waals surface area contributed by atoms with Crippen molar-refractivity contribution in [2.75, 3.05) is 13.1 Å². The maximum Gasteiger partial charge on any atom is 0.308 e. The molecule has 2 rings (SSSR count). The molecule has 1 saturated heterocycles. The Kier molecular flexibility index (Phi) is 3.26. The highest BCUT2D eigenvalue weighted by atomic mass is 16.4. The van der Waals surface area contributed by atoms with Crippen LogP contribution >= 0.6 is 0 Å². The summed E-state index contributed by atoms with van der Waals surface area (Å²) in [6.07, 6.45) is 4.27. The number of carboxylic acid groups (broad SMARTS) is 1. The Morgan fingerprint density at radius 3 is 2.40 bits per heavy atom. The van der Waals surface area contributed by atoms with Crippen molar-refractivity contribution in [2.45, 2.75) is 44.2 Å². The molecule has 15 heavy (non-hydrogen) atoms. The van der Waals surface area contributed by atoms with E-state index in [4.69, 9.17) is 5.11 Å². The fourth-order valence-corrected chi connectivity index (χ4v) is 2.88. The molecule has 4 heteroatoms. The Hall–Kier alpha value is -0.610. The molecule has 2 aliphatic rings. The van der Waals surface area contributed by atoms with Crippen molar-refractivity contribution in [1.82, 2.24) is 4.90 Å². The van der Waals surface area contributed by atoms with Crippen molar-refractivity contribution >= 4 is 5.97 Å². The normalized spacial score (nSPS) is 34.5. The van der Waals surface area contributed by atoms with Crippen molar-refractivity contribution in [3.8, 4) is 0 Å². The van der Waals surface area contributed by atoms with Crippen LogP contribution in [-0.2, 0) is 4.79 Å². The van der Waals surface area contributed by atoms with Crippen molar-refractivity contribution in [3.05, 3.63) is 0 Å². The minimum absolute atomic E-state index is 0.175. The van der Waals surface area contributed by atoms with Crippen LogP contribution in [0.1, 0.15) is 32.1 Å². The number of aliphatic carboxylic acids is 1. The molecule has 0 aromatic heterocycles. The molecule has 2 atom stereocenters. The van der Waals surface area contributed by atoms with Crippen LogP contribution < -0.4 is 0 Å². The molecule has 0 bridgehead atoms. The van der Waals surface area contributed by atoms with E-state index in [9.17, 15) is 9.90 Å². The lowest BCUT2D eigenvalue weighted by Crippen LogP contribution is -2.46. The molecule has 1 aliphatic heterocycles. The van der Waals surface area contributed by atoms with Crippen molar-refractivity contribution in [1.29, 1.82) is 0 Å². The van der Waals surface area contributed by atoms with Gasteiger partial charge in [-0.1, -0.05) is 6.42 Å². The maximum atomic E-state index is 11.0. The van der Waals surface area contributed by atoms with Crippen molar-refractivity contribution in [2.24, 2.45) is 5.92 Å². The van der Waals surface area contributed by atoms with Gasteiger partial charge in [0.1, 0.15) is 0 Å². The minimum Gasteiger partial charge on any atom is -0.481 e. The summed E-state index contributed by atoms with van der Waals surface area (Å²) in [5, 5.41) is 18.5. The average Bonchev–Trinajstić information content (AvgIpc) is 2.67. The van der Waals surface area contributed by atoms with Gasteiger partial charge in [0.15, 0.2) is 0 Å². The van der Waals surface area contributed by atoms with E-state index < -0.39 is 5.97 Å². The highest BCUT2D eigenvalue weighted by Crippen LogP contribution is 2.31. The van der Waals surface area contributed by atoms with Gasteiger partial charge in [0.2, 0.25) is 0 Å². The van der Waals surface area contributed by atoms with Gasteiger partial charge in [-0.25, -0.2) is 0 Å². The quantitative estimate of drug-likeness (QED) is 0.708. The lowest BCUT2D eigenvalue weighted by Gasteiger charge is -2.36. The number of hydrogen-bond acceptors (Lipinski definition) is 3. The molecule has 0 aromatic rings. The molecule has 2 fully saturated rings. The number of piperidine rings is 1. The van der Waals surface area contributed by atoms with E-state index in [0.29, 0.717) is 0 Å². The van der Waals surface area contributed by atoms with Crippen LogP contribution in [0.3, 0.4) is 0 Å². The number of aliphatic hydroxyl groups excluding tert-OH is 1. The molecular weight excluding hydrogens is 194 g/mol. The zero-order valence-corrected chi connectivity index (χ0v) is 8.93. The molecule has 0 radical (unpaired) electrons. The second-order valence-electron chi connectivity index (χ2n) is 4.71. The van der Waals surface area contributed by atoms with E-state index >= 15 is 0 Å². The number of aliphatic hydroxyl groups is 1. The fraction of sp³-hybridized carbons (Fsp3) is 0.909. The lowest BCUT2D eigenvalue weighted by molar-refractivity contribution is -0.143. The molecule has 1 saturated carbocycles. The second kappa shape index (κ2) is 4.49. The summed E-state index contributed by atoms with van der Waals surface area (Å²) in [7, 11) is 0. The van der Waals surface area contributed by atoms with Crippen LogP contribution in [0.4, 0.5) is 0 Å². The van der Waals surface area contributed by atoms with Crippen LogP contribution in [0.2, 0.25) is 0 Å². The van der Waals surface area contributed by atoms with Gasteiger partial charge in [-0.3, -0.25) is 9.69 Å². The minimum atomic E-state index is -0.649. The van der Waals surface area contributed by atoms with E-state index in [1.165, 1.54) is 0 Å². The standard InChI is InChI=1S/C11H19NO3/c13-8-4-6-12(7-5-8)10-3-1-2-9(10)11(14)15/h8-10,13H,1-7H2,(H,14,15). The van der Waals surface area contributed by atoms with Gasteiger partial charge < -0.3 is 10.2 Å². The Bertz CT molecular complexity index is 236. The molecule has 1 aliphatic carbocycles. The average molecular weight is 213 g/mol. The summed E-state index contributed by atoms with van der Waals surface area (Å²) in [5.74, 6) is -0.830. The molecule has 0 aromatic carbocycles. The Morgan fingerprint density at radius 1 is 1.13 bits per heavy atom. The predicted molar refractivity (Wildman–Crippen MR) is 55.6 cm³/mol. The molecule has 86 valence electrons. The fourth-order valence-electron chi connectivity index (χ4n) is 2.88. The predicted octanol–water partition coefficient (Wildman–Crippen LogP) is 0.696. The number of carboxylic acids is 1. The first-order valence-electron chi connectivity index (χ1n) is 5.83. The summed E-state index contributed by atoms with van der Waals surface area (Å²) in [5.41, 5.74) is 0. The number of carbonyl (C=O) groups is 1. The van der Waals surface area contributed by atoms with Crippen LogP contribution in [0.5, 0.6) is 0 Å². The number of nitrogens with zero attached hydrogens (tertiary/aromatic N) is 1. The zero-order valence-electron chi connectivity index (χ0n) is 8.93. The van der Waals surface area contributed by atoms with E-state index in [2.05, 4.69) is 4.90 Å². The zero-order chi connectivity index (χ0) is 10.8. The summed E-state index contributed by atoms with van der Waals surface area (Å²) in [4.78, 5) is 13.3. The van der Waals surface area contributed by atoms with E-state index in [1.807, 2.05) is 0 Å². The van der Waals surface area contributed by atoms with Gasteiger partial charge in [-0.15, -0.1) is 0 Å². The van der Waals surface area contributed by atoms with Gasteiger partial charge in [0, 0.05) is 19.1 Å². The van der Waals surface area contributed by atoms with E-state index in [1.54, 1.807) is 0 Å². The van der Waals surface area contributed by atoms with Gasteiger partial charge in [-0.2, -0.15) is 0 Å². The maximum absolute atomic E-state index is 11.0. The first-order valence-corrected chi connectivity index (χ1v) is 5.83. The summed E-state index contributed by atoms with van der Waals surface area (Å²) < 4.78 is 0. The lowest BCUT2D eigenvalue weighted by atomic mass is 9.98. The SMILES string of the molecule is O=C(O)C1CCCC1N1CCC(O)CC1. The van der Waals surface area contributed by atoms with Crippen molar-refractivity contribution in [3.63, 3.8) is 0 Å². The van der Waals surface area contributed by atoms with E-state index in [-0.39, 0.29) is 18.1 Å². The third-order valence-corrected chi connectivity index (χ3v) is 3.76. The molecular formula is C11H19NO3. The highest BCUT2D eigenvalue weighted by molar-refractivity contribution is 5.71.